The first kappa shape index (κ1) is 56.4. The summed E-state index contributed by atoms with van der Waals surface area (Å²) in [4.78, 5) is 37.9. The lowest BCUT2D eigenvalue weighted by Crippen LogP contribution is -2.30. The van der Waals surface area contributed by atoms with Gasteiger partial charge in [0.15, 0.2) is 6.10 Å². The first-order valence-electron chi connectivity index (χ1n) is 25.7. The largest absolute Gasteiger partial charge is 0.462 e. The van der Waals surface area contributed by atoms with Gasteiger partial charge in [-0.05, 0) is 31.1 Å². The van der Waals surface area contributed by atoms with Gasteiger partial charge in [-0.3, -0.25) is 14.4 Å². The zero-order valence-electron chi connectivity index (χ0n) is 39.7. The van der Waals surface area contributed by atoms with Crippen LogP contribution in [-0.2, 0) is 28.6 Å². The molecular formula is C52H100O6. The van der Waals surface area contributed by atoms with Crippen molar-refractivity contribution >= 4 is 17.9 Å². The Morgan fingerprint density at radius 2 is 0.569 bits per heavy atom. The molecule has 0 aromatic carbocycles. The maximum atomic E-state index is 12.8. The van der Waals surface area contributed by atoms with Gasteiger partial charge in [0, 0.05) is 19.3 Å². The number of unbranched alkanes of at least 4 members (excludes halogenated alkanes) is 31. The highest BCUT2D eigenvalue weighted by Gasteiger charge is 2.19. The van der Waals surface area contributed by atoms with Gasteiger partial charge in [-0.2, -0.15) is 0 Å². The zero-order valence-corrected chi connectivity index (χ0v) is 39.7. The molecule has 0 aliphatic rings. The topological polar surface area (TPSA) is 78.9 Å². The molecule has 0 heterocycles. The van der Waals surface area contributed by atoms with Crippen LogP contribution in [0.3, 0.4) is 0 Å². The van der Waals surface area contributed by atoms with Crippen molar-refractivity contribution in [2.75, 3.05) is 13.2 Å². The van der Waals surface area contributed by atoms with Gasteiger partial charge in [0.05, 0.1) is 0 Å². The summed E-state index contributed by atoms with van der Waals surface area (Å²) in [6.07, 6.45) is 45.2. The molecule has 0 saturated carbocycles. The summed E-state index contributed by atoms with van der Waals surface area (Å²) in [5.74, 6) is 0.820. The maximum absolute atomic E-state index is 12.8. The van der Waals surface area contributed by atoms with Crippen molar-refractivity contribution in [3.8, 4) is 0 Å². The lowest BCUT2D eigenvalue weighted by Gasteiger charge is -2.18. The first-order valence-corrected chi connectivity index (χ1v) is 25.7. The summed E-state index contributed by atoms with van der Waals surface area (Å²) in [7, 11) is 0. The molecule has 0 saturated heterocycles. The molecule has 0 rings (SSSR count). The molecule has 0 bridgehead atoms. The van der Waals surface area contributed by atoms with E-state index in [9.17, 15) is 14.4 Å². The van der Waals surface area contributed by atoms with E-state index in [0.717, 1.165) is 69.6 Å². The van der Waals surface area contributed by atoms with E-state index < -0.39 is 6.10 Å². The number of esters is 3. The van der Waals surface area contributed by atoms with Crippen molar-refractivity contribution in [2.24, 2.45) is 11.8 Å². The highest BCUT2D eigenvalue weighted by molar-refractivity contribution is 5.71. The van der Waals surface area contributed by atoms with Crippen LogP contribution in [0.1, 0.15) is 285 Å². The van der Waals surface area contributed by atoms with E-state index in [2.05, 4.69) is 34.6 Å². The van der Waals surface area contributed by atoms with Gasteiger partial charge in [-0.1, -0.05) is 247 Å². The van der Waals surface area contributed by atoms with Crippen LogP contribution in [-0.4, -0.2) is 37.2 Å². The highest BCUT2D eigenvalue weighted by atomic mass is 16.6. The van der Waals surface area contributed by atoms with Crippen molar-refractivity contribution in [3.05, 3.63) is 0 Å². The number of carbonyl (C=O) groups excluding carboxylic acids is 3. The minimum absolute atomic E-state index is 0.0638. The van der Waals surface area contributed by atoms with Gasteiger partial charge < -0.3 is 14.2 Å². The van der Waals surface area contributed by atoms with Crippen molar-refractivity contribution in [3.63, 3.8) is 0 Å². The summed E-state index contributed by atoms with van der Waals surface area (Å²) in [5.41, 5.74) is 0. The van der Waals surface area contributed by atoms with Crippen LogP contribution in [0, 0.1) is 11.8 Å². The molecule has 0 unspecified atom stereocenters. The zero-order chi connectivity index (χ0) is 42.6. The summed E-state index contributed by atoms with van der Waals surface area (Å²) in [5, 5.41) is 0. The van der Waals surface area contributed by atoms with Crippen LogP contribution >= 0.6 is 0 Å². The first-order chi connectivity index (χ1) is 28.2. The molecule has 0 aromatic rings. The molecule has 0 radical (unpaired) electrons. The highest BCUT2D eigenvalue weighted by Crippen LogP contribution is 2.17. The number of hydrogen-bond donors (Lipinski definition) is 0. The van der Waals surface area contributed by atoms with Crippen molar-refractivity contribution in [1.82, 2.24) is 0 Å². The molecule has 6 nitrogen and oxygen atoms in total. The Morgan fingerprint density at radius 1 is 0.328 bits per heavy atom. The Morgan fingerprint density at radius 3 is 0.845 bits per heavy atom. The smallest absolute Gasteiger partial charge is 0.306 e. The molecular weight excluding hydrogens is 721 g/mol. The van der Waals surface area contributed by atoms with Crippen LogP contribution in [0.5, 0.6) is 0 Å². The van der Waals surface area contributed by atoms with Gasteiger partial charge in [-0.25, -0.2) is 0 Å². The van der Waals surface area contributed by atoms with E-state index in [1.54, 1.807) is 0 Å². The Labute approximate surface area is 361 Å². The van der Waals surface area contributed by atoms with Gasteiger partial charge >= 0.3 is 17.9 Å². The minimum atomic E-state index is -0.761. The minimum Gasteiger partial charge on any atom is -0.462 e. The van der Waals surface area contributed by atoms with Gasteiger partial charge in [0.25, 0.3) is 0 Å². The van der Waals surface area contributed by atoms with E-state index in [1.807, 2.05) is 0 Å². The quantitative estimate of drug-likeness (QED) is 0.0346. The Balaban J connectivity index is 4.27. The molecule has 0 N–H and O–H groups in total. The van der Waals surface area contributed by atoms with Crippen LogP contribution in [0.2, 0.25) is 0 Å². The normalized spacial score (nSPS) is 12.1. The van der Waals surface area contributed by atoms with Crippen molar-refractivity contribution in [2.45, 2.75) is 291 Å². The predicted octanol–water partition coefficient (Wildman–Crippen LogP) is 16.5. The number of carbonyl (C=O) groups is 3. The molecule has 58 heavy (non-hydrogen) atoms. The summed E-state index contributed by atoms with van der Waals surface area (Å²) in [6, 6.07) is 0. The Kier molecular flexibility index (Phi) is 43.7. The molecule has 0 aromatic heterocycles. The second-order valence-corrected chi connectivity index (χ2v) is 18.8. The van der Waals surface area contributed by atoms with Crippen LogP contribution in [0.15, 0.2) is 0 Å². The van der Waals surface area contributed by atoms with Crippen molar-refractivity contribution in [1.29, 1.82) is 0 Å². The van der Waals surface area contributed by atoms with E-state index >= 15 is 0 Å². The standard InChI is InChI=1S/C52H100O6/c1-6-7-8-9-10-20-27-32-37-42-50(53)56-45-49(46-57-51(54)43-38-33-28-23-19-15-17-22-26-31-36-41-48(4)5)58-52(55)44-39-34-29-24-18-14-12-11-13-16-21-25-30-35-40-47(2)3/h47-49H,6-46H2,1-5H3/t49-/m0/s1. The van der Waals surface area contributed by atoms with E-state index in [0.29, 0.717) is 19.3 Å². The average molecular weight is 821 g/mol. The second kappa shape index (κ2) is 44.9. The van der Waals surface area contributed by atoms with Crippen molar-refractivity contribution < 1.29 is 28.6 Å². The molecule has 344 valence electrons. The van der Waals surface area contributed by atoms with E-state index in [1.165, 1.54) is 173 Å². The molecule has 0 fully saturated rings. The molecule has 0 aliphatic carbocycles. The third-order valence-corrected chi connectivity index (χ3v) is 11.7. The summed E-state index contributed by atoms with van der Waals surface area (Å²) in [6.45, 7) is 11.4. The summed E-state index contributed by atoms with van der Waals surface area (Å²) >= 11 is 0. The molecule has 6 heteroatoms. The second-order valence-electron chi connectivity index (χ2n) is 18.8. The Hall–Kier alpha value is -1.59. The van der Waals surface area contributed by atoms with E-state index in [4.69, 9.17) is 14.2 Å². The van der Waals surface area contributed by atoms with Gasteiger partial charge in [0.1, 0.15) is 13.2 Å². The van der Waals surface area contributed by atoms with Gasteiger partial charge in [-0.15, -0.1) is 0 Å². The monoisotopic (exact) mass is 821 g/mol. The van der Waals surface area contributed by atoms with Crippen LogP contribution in [0.25, 0.3) is 0 Å². The van der Waals surface area contributed by atoms with Crippen LogP contribution in [0.4, 0.5) is 0 Å². The number of rotatable bonds is 46. The molecule has 0 spiro atoms. The fourth-order valence-corrected chi connectivity index (χ4v) is 7.81. The fraction of sp³-hybridized carbons (Fsp3) is 0.942. The molecule has 0 aliphatic heterocycles. The number of ether oxygens (including phenoxy) is 3. The third-order valence-electron chi connectivity index (χ3n) is 11.7. The van der Waals surface area contributed by atoms with Gasteiger partial charge in [0.2, 0.25) is 0 Å². The van der Waals surface area contributed by atoms with E-state index in [-0.39, 0.29) is 31.1 Å². The SMILES string of the molecule is CCCCCCCCCCCC(=O)OC[C@@H](COC(=O)CCCCCCCCCCCCCC(C)C)OC(=O)CCCCCCCCCCCCCCCCC(C)C. The predicted molar refractivity (Wildman–Crippen MR) is 247 cm³/mol. The lowest BCUT2D eigenvalue weighted by atomic mass is 10.0. The molecule has 1 atom stereocenters. The average Bonchev–Trinajstić information content (AvgIpc) is 3.19. The lowest BCUT2D eigenvalue weighted by molar-refractivity contribution is -0.167. The summed E-state index contributed by atoms with van der Waals surface area (Å²) < 4.78 is 16.8. The fourth-order valence-electron chi connectivity index (χ4n) is 7.81. The Bertz CT molecular complexity index is 885. The van der Waals surface area contributed by atoms with Crippen LogP contribution < -0.4 is 0 Å². The third kappa shape index (κ3) is 45.5. The maximum Gasteiger partial charge on any atom is 0.306 e. The molecule has 0 amide bonds. The number of hydrogen-bond acceptors (Lipinski definition) is 6.